The number of hydrogen-bond acceptors (Lipinski definition) is 3. The van der Waals surface area contributed by atoms with Crippen molar-refractivity contribution in [1.82, 2.24) is 9.80 Å². The zero-order valence-corrected chi connectivity index (χ0v) is 13.4. The van der Waals surface area contributed by atoms with Crippen LogP contribution in [0.15, 0.2) is 24.3 Å². The van der Waals surface area contributed by atoms with E-state index < -0.39 is 23.7 Å². The Kier molecular flexibility index (Phi) is 6.14. The maximum Gasteiger partial charge on any atom is 0.416 e. The number of anilines is 1. The monoisotopic (exact) mass is 331 g/mol. The Morgan fingerprint density at radius 3 is 2.09 bits per heavy atom. The Morgan fingerprint density at radius 1 is 1.13 bits per heavy atom. The minimum Gasteiger partial charge on any atom is -0.348 e. The lowest BCUT2D eigenvalue weighted by molar-refractivity contribution is -0.137. The highest BCUT2D eigenvalue weighted by Crippen LogP contribution is 2.29. The minimum absolute atomic E-state index is 0.0641. The van der Waals surface area contributed by atoms with Gasteiger partial charge in [0.1, 0.15) is 0 Å². The van der Waals surface area contributed by atoms with Gasteiger partial charge >= 0.3 is 6.18 Å². The molecule has 1 aromatic carbocycles. The molecule has 0 aliphatic heterocycles. The Bertz CT molecular complexity index is 556. The van der Waals surface area contributed by atoms with Crippen molar-refractivity contribution >= 4 is 17.5 Å². The van der Waals surface area contributed by atoms with Crippen LogP contribution in [0.5, 0.6) is 0 Å². The second-order valence-electron chi connectivity index (χ2n) is 5.44. The van der Waals surface area contributed by atoms with E-state index in [9.17, 15) is 22.8 Å². The van der Waals surface area contributed by atoms with Crippen molar-refractivity contribution in [2.45, 2.75) is 19.1 Å². The number of alkyl halides is 3. The van der Waals surface area contributed by atoms with Crippen molar-refractivity contribution in [2.24, 2.45) is 0 Å². The van der Waals surface area contributed by atoms with E-state index in [-0.39, 0.29) is 18.1 Å². The standard InChI is InChI=1S/C15H20F3N3O2/c1-10(21(4)9-13(22)20(2)3)14(23)19-12-7-5-11(6-8-12)15(16,17)18/h5-8,10H,9H2,1-4H3,(H,19,23)/t10-/m1/s1. The van der Waals surface area contributed by atoms with Gasteiger partial charge in [-0.05, 0) is 38.2 Å². The van der Waals surface area contributed by atoms with Gasteiger partial charge in [-0.25, -0.2) is 0 Å². The fourth-order valence-corrected chi connectivity index (χ4v) is 1.68. The molecule has 8 heteroatoms. The van der Waals surface area contributed by atoms with Crippen LogP contribution in [-0.2, 0) is 15.8 Å². The molecular weight excluding hydrogens is 311 g/mol. The summed E-state index contributed by atoms with van der Waals surface area (Å²) in [6.07, 6.45) is -4.41. The molecule has 0 saturated carbocycles. The minimum atomic E-state index is -4.41. The highest BCUT2D eigenvalue weighted by molar-refractivity contribution is 5.94. The SMILES string of the molecule is C[C@H](C(=O)Nc1ccc(C(F)(F)F)cc1)N(C)CC(=O)N(C)C. The van der Waals surface area contributed by atoms with Gasteiger partial charge in [-0.2, -0.15) is 13.2 Å². The number of carbonyl (C=O) groups is 2. The molecule has 0 aromatic heterocycles. The van der Waals surface area contributed by atoms with Crippen LogP contribution in [0.4, 0.5) is 18.9 Å². The van der Waals surface area contributed by atoms with E-state index in [1.807, 2.05) is 0 Å². The zero-order chi connectivity index (χ0) is 17.8. The maximum absolute atomic E-state index is 12.5. The summed E-state index contributed by atoms with van der Waals surface area (Å²) in [5.74, 6) is -0.555. The topological polar surface area (TPSA) is 52.7 Å². The molecule has 0 fully saturated rings. The lowest BCUT2D eigenvalue weighted by Gasteiger charge is -2.24. The molecule has 0 aliphatic rings. The van der Waals surface area contributed by atoms with Crippen molar-refractivity contribution in [3.8, 4) is 0 Å². The molecule has 1 rings (SSSR count). The van der Waals surface area contributed by atoms with E-state index in [0.717, 1.165) is 12.1 Å². The molecule has 0 spiro atoms. The molecule has 0 heterocycles. The first-order chi connectivity index (χ1) is 10.5. The number of hydrogen-bond donors (Lipinski definition) is 1. The smallest absolute Gasteiger partial charge is 0.348 e. The summed E-state index contributed by atoms with van der Waals surface area (Å²) in [5.41, 5.74) is -0.514. The number of benzene rings is 1. The first-order valence-corrected chi connectivity index (χ1v) is 6.91. The van der Waals surface area contributed by atoms with E-state index in [2.05, 4.69) is 5.32 Å². The van der Waals surface area contributed by atoms with Crippen molar-refractivity contribution in [1.29, 1.82) is 0 Å². The molecule has 0 saturated heterocycles. The van der Waals surface area contributed by atoms with Gasteiger partial charge in [-0.1, -0.05) is 0 Å². The highest BCUT2D eigenvalue weighted by Gasteiger charge is 2.30. The fraction of sp³-hybridized carbons (Fsp3) is 0.467. The first-order valence-electron chi connectivity index (χ1n) is 6.91. The predicted octanol–water partition coefficient (Wildman–Crippen LogP) is 2.05. The van der Waals surface area contributed by atoms with Crippen LogP contribution in [0.2, 0.25) is 0 Å². The molecule has 0 bridgehead atoms. The number of halogens is 3. The quantitative estimate of drug-likeness (QED) is 0.898. The third kappa shape index (κ3) is 5.55. The van der Waals surface area contributed by atoms with Gasteiger partial charge in [0.15, 0.2) is 0 Å². The molecular formula is C15H20F3N3O2. The van der Waals surface area contributed by atoms with Crippen LogP contribution in [0.25, 0.3) is 0 Å². The summed E-state index contributed by atoms with van der Waals surface area (Å²) in [6, 6.07) is 3.58. The molecule has 0 aliphatic carbocycles. The Morgan fingerprint density at radius 2 is 1.65 bits per heavy atom. The summed E-state index contributed by atoms with van der Waals surface area (Å²) in [4.78, 5) is 26.7. The number of likely N-dealkylation sites (N-methyl/N-ethyl adjacent to an activating group) is 2. The van der Waals surface area contributed by atoms with Crippen LogP contribution in [-0.4, -0.2) is 55.3 Å². The molecule has 1 aromatic rings. The van der Waals surface area contributed by atoms with Gasteiger partial charge in [0.2, 0.25) is 11.8 Å². The van der Waals surface area contributed by atoms with Crippen LogP contribution < -0.4 is 5.32 Å². The number of amides is 2. The molecule has 2 amide bonds. The summed E-state index contributed by atoms with van der Waals surface area (Å²) >= 11 is 0. The number of rotatable bonds is 5. The van der Waals surface area contributed by atoms with Gasteiger partial charge in [-0.15, -0.1) is 0 Å². The second kappa shape index (κ2) is 7.45. The van der Waals surface area contributed by atoms with E-state index >= 15 is 0 Å². The van der Waals surface area contributed by atoms with Crippen molar-refractivity contribution in [3.05, 3.63) is 29.8 Å². The van der Waals surface area contributed by atoms with Crippen LogP contribution in [0, 0.1) is 0 Å². The third-order valence-electron chi connectivity index (χ3n) is 3.40. The Hall–Kier alpha value is -2.09. The van der Waals surface area contributed by atoms with Crippen molar-refractivity contribution in [2.75, 3.05) is 33.0 Å². The summed E-state index contributed by atoms with van der Waals surface area (Å²) in [7, 11) is 4.85. The normalized spacial score (nSPS) is 12.9. The zero-order valence-electron chi connectivity index (χ0n) is 13.4. The molecule has 0 unspecified atom stereocenters. The number of nitrogens with zero attached hydrogens (tertiary/aromatic N) is 2. The fourth-order valence-electron chi connectivity index (χ4n) is 1.68. The number of carbonyl (C=O) groups excluding carboxylic acids is 2. The Labute approximate surface area is 133 Å². The molecule has 0 radical (unpaired) electrons. The molecule has 5 nitrogen and oxygen atoms in total. The summed E-state index contributed by atoms with van der Waals surface area (Å²) in [6.45, 7) is 1.68. The Balaban J connectivity index is 2.66. The molecule has 128 valence electrons. The lowest BCUT2D eigenvalue weighted by atomic mass is 10.2. The van der Waals surface area contributed by atoms with Crippen LogP contribution in [0.3, 0.4) is 0 Å². The highest BCUT2D eigenvalue weighted by atomic mass is 19.4. The van der Waals surface area contributed by atoms with Crippen LogP contribution in [0.1, 0.15) is 12.5 Å². The number of nitrogens with one attached hydrogen (secondary N) is 1. The largest absolute Gasteiger partial charge is 0.416 e. The van der Waals surface area contributed by atoms with E-state index in [1.54, 1.807) is 33.0 Å². The van der Waals surface area contributed by atoms with E-state index in [0.29, 0.717) is 0 Å². The van der Waals surface area contributed by atoms with E-state index in [1.165, 1.54) is 17.0 Å². The van der Waals surface area contributed by atoms with Gasteiger partial charge in [0.25, 0.3) is 0 Å². The van der Waals surface area contributed by atoms with Gasteiger partial charge in [0.05, 0.1) is 18.2 Å². The van der Waals surface area contributed by atoms with Gasteiger partial charge < -0.3 is 10.2 Å². The molecule has 23 heavy (non-hydrogen) atoms. The van der Waals surface area contributed by atoms with Crippen LogP contribution >= 0.6 is 0 Å². The summed E-state index contributed by atoms with van der Waals surface area (Å²) in [5, 5.41) is 2.53. The predicted molar refractivity (Wildman–Crippen MR) is 80.9 cm³/mol. The average Bonchev–Trinajstić information content (AvgIpc) is 2.45. The summed E-state index contributed by atoms with van der Waals surface area (Å²) < 4.78 is 37.4. The van der Waals surface area contributed by atoms with Crippen molar-refractivity contribution < 1.29 is 22.8 Å². The first kappa shape index (κ1) is 19.0. The second-order valence-corrected chi connectivity index (χ2v) is 5.44. The van der Waals surface area contributed by atoms with E-state index in [4.69, 9.17) is 0 Å². The van der Waals surface area contributed by atoms with Gasteiger partial charge in [0, 0.05) is 19.8 Å². The third-order valence-corrected chi connectivity index (χ3v) is 3.40. The van der Waals surface area contributed by atoms with Gasteiger partial charge in [-0.3, -0.25) is 14.5 Å². The molecule has 1 atom stereocenters. The molecule has 1 N–H and O–H groups in total. The van der Waals surface area contributed by atoms with Crippen molar-refractivity contribution in [3.63, 3.8) is 0 Å². The maximum atomic E-state index is 12.5. The lowest BCUT2D eigenvalue weighted by Crippen LogP contribution is -2.44. The average molecular weight is 331 g/mol.